The smallest absolute Gasteiger partial charge is 0.407 e. The van der Waals surface area contributed by atoms with Crippen LogP contribution in [0.1, 0.15) is 47.5 Å². The number of alkyl halides is 1. The van der Waals surface area contributed by atoms with Crippen molar-refractivity contribution in [2.24, 2.45) is 5.92 Å². The Hall–Kier alpha value is -1.39. The fourth-order valence-electron chi connectivity index (χ4n) is 2.25. The quantitative estimate of drug-likeness (QED) is 0.243. The van der Waals surface area contributed by atoms with Crippen molar-refractivity contribution in [3.05, 3.63) is 0 Å². The van der Waals surface area contributed by atoms with E-state index in [1.54, 1.807) is 27.8 Å². The number of alkyl carbamates (subject to hydrolysis) is 1. The first-order valence-corrected chi connectivity index (χ1v) is 10.7. The molecule has 0 spiro atoms. The summed E-state index contributed by atoms with van der Waals surface area (Å²) >= 11 is 3.09. The second kappa shape index (κ2) is 13.7. The van der Waals surface area contributed by atoms with Crippen LogP contribution in [0, 0.1) is 5.92 Å². The number of carbonyl (C=O) groups excluding carboxylic acids is 3. The number of amides is 3. The summed E-state index contributed by atoms with van der Waals surface area (Å²) in [5.74, 6) is -0.103. The third kappa shape index (κ3) is 13.7. The standard InChI is InChI=1S/C18H36BrN5O4/c1-14(2)12-23(20-6)13-16(26)24(22-15(25)11-19)10-8-7-9-21-17(27)28-18(3,4)5/h14,20H,7-13H2,1-6H3,(H,21,27)(H,22,25). The molecule has 0 fully saturated rings. The molecule has 0 atom stereocenters. The van der Waals surface area contributed by atoms with Gasteiger partial charge in [0.15, 0.2) is 0 Å². The number of nitrogens with zero attached hydrogens (tertiary/aromatic N) is 2. The summed E-state index contributed by atoms with van der Waals surface area (Å²) in [4.78, 5) is 35.9. The van der Waals surface area contributed by atoms with Gasteiger partial charge in [0.05, 0.1) is 11.9 Å². The van der Waals surface area contributed by atoms with Crippen molar-refractivity contribution >= 4 is 33.8 Å². The van der Waals surface area contributed by atoms with Gasteiger partial charge < -0.3 is 10.1 Å². The number of unbranched alkanes of at least 4 members (excludes halogenated alkanes) is 1. The van der Waals surface area contributed by atoms with E-state index in [-0.39, 0.29) is 23.7 Å². The lowest BCUT2D eigenvalue weighted by Crippen LogP contribution is -2.53. The Balaban J connectivity index is 4.50. The van der Waals surface area contributed by atoms with E-state index in [0.717, 1.165) is 0 Å². The zero-order chi connectivity index (χ0) is 21.7. The van der Waals surface area contributed by atoms with E-state index in [9.17, 15) is 14.4 Å². The molecule has 0 aromatic rings. The fraction of sp³-hybridized carbons (Fsp3) is 0.833. The number of hydrazine groups is 2. The van der Waals surface area contributed by atoms with E-state index in [4.69, 9.17) is 4.74 Å². The molecule has 28 heavy (non-hydrogen) atoms. The summed E-state index contributed by atoms with van der Waals surface area (Å²) in [5, 5.41) is 5.93. The number of ether oxygens (including phenoxy) is 1. The number of rotatable bonds is 11. The van der Waals surface area contributed by atoms with Crippen molar-refractivity contribution in [2.75, 3.05) is 38.6 Å². The van der Waals surface area contributed by atoms with E-state index in [2.05, 4.69) is 45.9 Å². The van der Waals surface area contributed by atoms with Crippen LogP contribution >= 0.6 is 15.9 Å². The second-order valence-electron chi connectivity index (χ2n) is 7.85. The van der Waals surface area contributed by atoms with E-state index < -0.39 is 11.7 Å². The van der Waals surface area contributed by atoms with Crippen molar-refractivity contribution in [1.29, 1.82) is 0 Å². The van der Waals surface area contributed by atoms with Gasteiger partial charge in [0, 0.05) is 19.6 Å². The maximum atomic E-state index is 12.6. The molecule has 0 saturated heterocycles. The maximum absolute atomic E-state index is 12.6. The third-order valence-corrected chi connectivity index (χ3v) is 3.90. The molecule has 0 heterocycles. The number of carbonyl (C=O) groups is 3. The zero-order valence-corrected chi connectivity index (χ0v) is 19.5. The molecule has 0 radical (unpaired) electrons. The first kappa shape index (κ1) is 26.6. The van der Waals surface area contributed by atoms with Crippen molar-refractivity contribution in [3.8, 4) is 0 Å². The van der Waals surface area contributed by atoms with Gasteiger partial charge in [0.25, 0.3) is 5.91 Å². The lowest BCUT2D eigenvalue weighted by atomic mass is 10.2. The molecule has 3 amide bonds. The van der Waals surface area contributed by atoms with Crippen molar-refractivity contribution in [2.45, 2.75) is 53.1 Å². The van der Waals surface area contributed by atoms with Crippen LogP contribution in [-0.2, 0) is 14.3 Å². The Morgan fingerprint density at radius 2 is 1.79 bits per heavy atom. The highest BCUT2D eigenvalue weighted by atomic mass is 79.9. The minimum absolute atomic E-state index is 0.110. The fourth-order valence-corrected chi connectivity index (χ4v) is 2.37. The minimum Gasteiger partial charge on any atom is -0.444 e. The molecule has 0 unspecified atom stereocenters. The topological polar surface area (TPSA) is 103 Å². The van der Waals surface area contributed by atoms with Gasteiger partial charge in [-0.3, -0.25) is 25.4 Å². The van der Waals surface area contributed by atoms with Gasteiger partial charge in [-0.15, -0.1) is 0 Å². The van der Waals surface area contributed by atoms with Crippen LogP contribution in [-0.4, -0.2) is 72.1 Å². The third-order valence-electron chi connectivity index (χ3n) is 3.39. The molecule has 0 bridgehead atoms. The minimum atomic E-state index is -0.539. The average molecular weight is 466 g/mol. The molecule has 0 saturated carbocycles. The molecule has 0 rings (SSSR count). The highest BCUT2D eigenvalue weighted by Gasteiger charge is 2.19. The van der Waals surface area contributed by atoms with Gasteiger partial charge in [-0.2, -0.15) is 0 Å². The monoisotopic (exact) mass is 465 g/mol. The van der Waals surface area contributed by atoms with Gasteiger partial charge >= 0.3 is 6.09 Å². The van der Waals surface area contributed by atoms with Crippen LogP contribution in [0.2, 0.25) is 0 Å². The number of halogens is 1. The first-order valence-electron chi connectivity index (χ1n) is 9.53. The summed E-state index contributed by atoms with van der Waals surface area (Å²) in [6.45, 7) is 11.2. The summed E-state index contributed by atoms with van der Waals surface area (Å²) in [6.07, 6.45) is 0.800. The molecular formula is C18H36BrN5O4. The van der Waals surface area contributed by atoms with E-state index in [1.807, 2.05) is 5.01 Å². The summed E-state index contributed by atoms with van der Waals surface area (Å²) in [6, 6.07) is 0. The molecule has 0 aliphatic heterocycles. The molecule has 0 aliphatic rings. The van der Waals surface area contributed by atoms with Crippen LogP contribution in [0.5, 0.6) is 0 Å². The zero-order valence-electron chi connectivity index (χ0n) is 17.9. The molecule has 3 N–H and O–H groups in total. The van der Waals surface area contributed by atoms with Crippen LogP contribution in [0.25, 0.3) is 0 Å². The second-order valence-corrected chi connectivity index (χ2v) is 8.41. The van der Waals surface area contributed by atoms with Crippen LogP contribution < -0.4 is 16.2 Å². The highest BCUT2D eigenvalue weighted by molar-refractivity contribution is 9.09. The maximum Gasteiger partial charge on any atom is 0.407 e. The SMILES string of the molecule is CNN(CC(=O)N(CCCCNC(=O)OC(C)(C)C)NC(=O)CBr)CC(C)C. The van der Waals surface area contributed by atoms with Gasteiger partial charge in [-0.25, -0.2) is 9.80 Å². The largest absolute Gasteiger partial charge is 0.444 e. The highest BCUT2D eigenvalue weighted by Crippen LogP contribution is 2.06. The van der Waals surface area contributed by atoms with Gasteiger partial charge in [-0.1, -0.05) is 29.8 Å². The van der Waals surface area contributed by atoms with Crippen molar-refractivity contribution < 1.29 is 19.1 Å². The average Bonchev–Trinajstić information content (AvgIpc) is 2.57. The Morgan fingerprint density at radius 3 is 2.29 bits per heavy atom. The molecule has 9 nitrogen and oxygen atoms in total. The van der Waals surface area contributed by atoms with Crippen LogP contribution in [0.15, 0.2) is 0 Å². The predicted octanol–water partition coefficient (Wildman–Crippen LogP) is 1.64. The Morgan fingerprint density at radius 1 is 1.14 bits per heavy atom. The van der Waals surface area contributed by atoms with Gasteiger partial charge in [0.2, 0.25) is 5.91 Å². The molecule has 164 valence electrons. The van der Waals surface area contributed by atoms with Crippen LogP contribution in [0.3, 0.4) is 0 Å². The van der Waals surface area contributed by atoms with E-state index >= 15 is 0 Å². The number of hydrogen-bond acceptors (Lipinski definition) is 6. The summed E-state index contributed by atoms with van der Waals surface area (Å²) in [7, 11) is 1.76. The number of hydrogen-bond donors (Lipinski definition) is 3. The van der Waals surface area contributed by atoms with E-state index in [0.29, 0.717) is 38.4 Å². The Labute approximate surface area is 177 Å². The summed E-state index contributed by atoms with van der Waals surface area (Å²) in [5.41, 5.74) is 5.07. The molecule has 10 heteroatoms. The molecule has 0 aliphatic carbocycles. The summed E-state index contributed by atoms with van der Waals surface area (Å²) < 4.78 is 5.17. The normalized spacial score (nSPS) is 11.5. The van der Waals surface area contributed by atoms with Gasteiger partial charge in [0.1, 0.15) is 5.60 Å². The van der Waals surface area contributed by atoms with E-state index in [1.165, 1.54) is 5.01 Å². The molecule has 0 aromatic heterocycles. The van der Waals surface area contributed by atoms with Crippen molar-refractivity contribution in [3.63, 3.8) is 0 Å². The first-order chi connectivity index (χ1) is 13.0. The number of nitrogens with one attached hydrogen (secondary N) is 3. The Kier molecular flexibility index (Phi) is 13.0. The lowest BCUT2D eigenvalue weighted by Gasteiger charge is -2.28. The predicted molar refractivity (Wildman–Crippen MR) is 113 cm³/mol. The Bertz CT molecular complexity index is 497. The van der Waals surface area contributed by atoms with Crippen molar-refractivity contribution in [1.82, 2.24) is 26.2 Å². The van der Waals surface area contributed by atoms with Gasteiger partial charge in [-0.05, 0) is 46.6 Å². The molecule has 0 aromatic carbocycles. The lowest BCUT2D eigenvalue weighted by molar-refractivity contribution is -0.142. The molecular weight excluding hydrogens is 430 g/mol. The van der Waals surface area contributed by atoms with Crippen LogP contribution in [0.4, 0.5) is 4.79 Å².